The lowest BCUT2D eigenvalue weighted by Gasteiger charge is -2.36. The molecule has 2 aromatic rings. The van der Waals surface area contributed by atoms with Gasteiger partial charge in [-0.1, -0.05) is 33.3 Å². The van der Waals surface area contributed by atoms with E-state index in [4.69, 9.17) is 9.47 Å². The van der Waals surface area contributed by atoms with Gasteiger partial charge in [0.1, 0.15) is 11.9 Å². The number of anilines is 1. The number of methoxy groups -OCH3 is 1. The van der Waals surface area contributed by atoms with Crippen LogP contribution in [-0.2, 0) is 11.2 Å². The van der Waals surface area contributed by atoms with Gasteiger partial charge in [0.15, 0.2) is 5.78 Å². The van der Waals surface area contributed by atoms with E-state index in [0.717, 1.165) is 36.3 Å². The van der Waals surface area contributed by atoms with Gasteiger partial charge in [0, 0.05) is 34.1 Å². The van der Waals surface area contributed by atoms with Crippen LogP contribution in [0.15, 0.2) is 48.5 Å². The minimum absolute atomic E-state index is 0.0648. The lowest BCUT2D eigenvalue weighted by molar-refractivity contribution is 0.0126. The Morgan fingerprint density at radius 3 is 2.51 bits per heavy atom. The van der Waals surface area contributed by atoms with Crippen LogP contribution >= 0.6 is 0 Å². The summed E-state index contributed by atoms with van der Waals surface area (Å²) in [5.74, 6) is 2.06. The van der Waals surface area contributed by atoms with Crippen LogP contribution in [0.25, 0.3) is 5.70 Å². The van der Waals surface area contributed by atoms with Crippen LogP contribution < -0.4 is 15.4 Å². The molecule has 0 unspecified atom stereocenters. The number of allylic oxidation sites excluding steroid dienone is 1. The predicted molar refractivity (Wildman–Crippen MR) is 148 cm³/mol. The highest BCUT2D eigenvalue weighted by atomic mass is 16.6. The van der Waals surface area contributed by atoms with Crippen molar-refractivity contribution in [1.82, 2.24) is 5.32 Å². The number of fused-ring (bicyclic) bond motifs is 1. The summed E-state index contributed by atoms with van der Waals surface area (Å²) in [5, 5.41) is 6.34. The monoisotopic (exact) mass is 504 g/mol. The maximum Gasteiger partial charge on any atom is 0.411 e. The molecule has 2 N–H and O–H groups in total. The third-order valence-electron chi connectivity index (χ3n) is 7.62. The van der Waals surface area contributed by atoms with Gasteiger partial charge in [0.25, 0.3) is 0 Å². The van der Waals surface area contributed by atoms with Crippen molar-refractivity contribution >= 4 is 23.3 Å². The van der Waals surface area contributed by atoms with E-state index in [1.807, 2.05) is 12.1 Å². The number of carbonyl (C=O) groups excluding carboxylic acids is 2. The van der Waals surface area contributed by atoms with Crippen molar-refractivity contribution in [2.45, 2.75) is 71.9 Å². The van der Waals surface area contributed by atoms with Crippen molar-refractivity contribution in [3.63, 3.8) is 0 Å². The number of carbonyl (C=O) groups is 2. The molecule has 1 fully saturated rings. The third kappa shape index (κ3) is 6.54. The van der Waals surface area contributed by atoms with Gasteiger partial charge < -0.3 is 14.8 Å². The van der Waals surface area contributed by atoms with Gasteiger partial charge in [-0.25, -0.2) is 4.79 Å². The van der Waals surface area contributed by atoms with E-state index < -0.39 is 6.09 Å². The summed E-state index contributed by atoms with van der Waals surface area (Å²) in [7, 11) is 1.64. The fourth-order valence-corrected chi connectivity index (χ4v) is 5.62. The maximum atomic E-state index is 13.2. The molecule has 1 amide bonds. The SMILES string of the molecule is COc1ccc2c(c1)C(=CC(=O)c1ccc(NC(=O)O[C@H]3C[C@@H](C)CC[C@@H]3C(C)C)cc1)NC(C)(C)C2. The largest absolute Gasteiger partial charge is 0.497 e. The molecular formula is C31H40N2O4. The zero-order valence-corrected chi connectivity index (χ0v) is 22.9. The van der Waals surface area contributed by atoms with Crippen LogP contribution in [0.3, 0.4) is 0 Å². The standard InChI is InChI=1S/C31H40N2O4/c1-19(2)25-14-7-20(3)15-29(25)37-30(35)32-23-11-8-21(9-12-23)28(34)17-27-26-16-24(36-6)13-10-22(26)18-31(4,5)33-27/h8-13,16-17,19-20,25,29,33H,7,14-15,18H2,1-6H3,(H,32,35)/t20-,25+,29-/m0/s1. The molecule has 198 valence electrons. The first-order chi connectivity index (χ1) is 17.5. The van der Waals surface area contributed by atoms with Crippen LogP contribution in [0.4, 0.5) is 10.5 Å². The summed E-state index contributed by atoms with van der Waals surface area (Å²) >= 11 is 0. The summed E-state index contributed by atoms with van der Waals surface area (Å²) < 4.78 is 11.2. The minimum Gasteiger partial charge on any atom is -0.497 e. The number of nitrogens with one attached hydrogen (secondary N) is 2. The van der Waals surface area contributed by atoms with Gasteiger partial charge in [0.2, 0.25) is 0 Å². The molecule has 2 aromatic carbocycles. The van der Waals surface area contributed by atoms with Crippen molar-refractivity contribution in [3.8, 4) is 5.75 Å². The van der Waals surface area contributed by atoms with Crippen molar-refractivity contribution in [1.29, 1.82) is 0 Å². The zero-order valence-electron chi connectivity index (χ0n) is 22.9. The van der Waals surface area contributed by atoms with E-state index in [9.17, 15) is 9.59 Å². The Kier molecular flexibility index (Phi) is 7.96. The summed E-state index contributed by atoms with van der Waals surface area (Å²) in [4.78, 5) is 25.8. The second kappa shape index (κ2) is 11.0. The fourth-order valence-electron chi connectivity index (χ4n) is 5.62. The molecule has 6 heteroatoms. The van der Waals surface area contributed by atoms with E-state index in [1.165, 1.54) is 12.0 Å². The van der Waals surface area contributed by atoms with Crippen molar-refractivity contribution < 1.29 is 19.1 Å². The van der Waals surface area contributed by atoms with Crippen LogP contribution in [0.2, 0.25) is 0 Å². The van der Waals surface area contributed by atoms with E-state index in [0.29, 0.717) is 29.0 Å². The molecule has 1 aliphatic carbocycles. The third-order valence-corrected chi connectivity index (χ3v) is 7.62. The molecular weight excluding hydrogens is 464 g/mol. The molecule has 0 spiro atoms. The topological polar surface area (TPSA) is 76.7 Å². The second-order valence-electron chi connectivity index (χ2n) is 11.6. The second-order valence-corrected chi connectivity index (χ2v) is 11.6. The Bertz CT molecular complexity index is 1170. The average molecular weight is 505 g/mol. The van der Waals surface area contributed by atoms with Gasteiger partial charge in [-0.2, -0.15) is 0 Å². The molecule has 0 aromatic heterocycles. The Balaban J connectivity index is 1.44. The highest BCUT2D eigenvalue weighted by Gasteiger charge is 2.33. The number of ketones is 1. The molecule has 1 heterocycles. The fraction of sp³-hybridized carbons (Fsp3) is 0.484. The smallest absolute Gasteiger partial charge is 0.411 e. The lowest BCUT2D eigenvalue weighted by Crippen LogP contribution is -2.43. The summed E-state index contributed by atoms with van der Waals surface area (Å²) in [6, 6.07) is 12.9. The van der Waals surface area contributed by atoms with Gasteiger partial charge in [0.05, 0.1) is 7.11 Å². The maximum absolute atomic E-state index is 13.2. The quantitative estimate of drug-likeness (QED) is 0.332. The normalized spacial score (nSPS) is 23.6. The van der Waals surface area contributed by atoms with Crippen LogP contribution in [0.1, 0.15) is 75.4 Å². The predicted octanol–water partition coefficient (Wildman–Crippen LogP) is 6.85. The van der Waals surface area contributed by atoms with Crippen molar-refractivity contribution in [2.24, 2.45) is 17.8 Å². The number of hydrogen-bond acceptors (Lipinski definition) is 5. The molecule has 0 bridgehead atoms. The molecule has 2 aliphatic rings. The first-order valence-corrected chi connectivity index (χ1v) is 13.3. The number of ether oxygens (including phenoxy) is 2. The Morgan fingerprint density at radius 2 is 1.84 bits per heavy atom. The van der Waals surface area contributed by atoms with Crippen molar-refractivity contribution in [2.75, 3.05) is 12.4 Å². The van der Waals surface area contributed by atoms with E-state index in [2.05, 4.69) is 51.3 Å². The van der Waals surface area contributed by atoms with Gasteiger partial charge in [-0.15, -0.1) is 0 Å². The summed E-state index contributed by atoms with van der Waals surface area (Å²) in [6.45, 7) is 10.8. The van der Waals surface area contributed by atoms with Crippen LogP contribution in [0, 0.1) is 17.8 Å². The van der Waals surface area contributed by atoms with E-state index >= 15 is 0 Å². The van der Waals surface area contributed by atoms with Gasteiger partial charge in [-0.3, -0.25) is 10.1 Å². The molecule has 0 saturated heterocycles. The number of benzene rings is 2. The van der Waals surface area contributed by atoms with Crippen molar-refractivity contribution in [3.05, 3.63) is 65.2 Å². The summed E-state index contributed by atoms with van der Waals surface area (Å²) in [6.07, 6.45) is 5.17. The van der Waals surface area contributed by atoms with E-state index in [-0.39, 0.29) is 17.4 Å². The molecule has 37 heavy (non-hydrogen) atoms. The highest BCUT2D eigenvalue weighted by molar-refractivity contribution is 6.09. The molecule has 4 rings (SSSR count). The molecule has 3 atom stereocenters. The zero-order chi connectivity index (χ0) is 26.7. The Labute approximate surface area is 220 Å². The highest BCUT2D eigenvalue weighted by Crippen LogP contribution is 2.36. The van der Waals surface area contributed by atoms with E-state index in [1.54, 1.807) is 37.5 Å². The Morgan fingerprint density at radius 1 is 1.11 bits per heavy atom. The molecule has 0 radical (unpaired) electrons. The summed E-state index contributed by atoms with van der Waals surface area (Å²) in [5.41, 5.74) is 3.90. The van der Waals surface area contributed by atoms with Gasteiger partial charge >= 0.3 is 6.09 Å². The first kappa shape index (κ1) is 26.8. The lowest BCUT2D eigenvalue weighted by atomic mass is 9.75. The number of amides is 1. The number of hydrogen-bond donors (Lipinski definition) is 2. The number of rotatable bonds is 6. The molecule has 1 aliphatic heterocycles. The van der Waals surface area contributed by atoms with Crippen LogP contribution in [-0.4, -0.2) is 30.6 Å². The molecule has 6 nitrogen and oxygen atoms in total. The average Bonchev–Trinajstić information content (AvgIpc) is 2.83. The van der Waals surface area contributed by atoms with Gasteiger partial charge in [-0.05, 0) is 92.8 Å². The van der Waals surface area contributed by atoms with Crippen LogP contribution in [0.5, 0.6) is 5.75 Å². The minimum atomic E-state index is -0.440. The Hall–Kier alpha value is -3.28. The first-order valence-electron chi connectivity index (χ1n) is 13.3. The molecule has 1 saturated carbocycles.